The van der Waals surface area contributed by atoms with Gasteiger partial charge in [0, 0.05) is 11.6 Å². The molecule has 0 saturated heterocycles. The van der Waals surface area contributed by atoms with Crippen molar-refractivity contribution >= 4 is 5.69 Å². The van der Waals surface area contributed by atoms with Gasteiger partial charge in [-0.25, -0.2) is 4.98 Å². The van der Waals surface area contributed by atoms with Crippen molar-refractivity contribution in [3.63, 3.8) is 0 Å². The van der Waals surface area contributed by atoms with Gasteiger partial charge in [-0.1, -0.05) is 0 Å². The Morgan fingerprint density at radius 3 is 2.43 bits per heavy atom. The number of hydrogen-bond donors (Lipinski definition) is 1. The Bertz CT molecular complexity index is 660. The van der Waals surface area contributed by atoms with Crippen molar-refractivity contribution in [2.24, 2.45) is 0 Å². The molecule has 0 amide bonds. The monoisotopic (exact) mass is 288 g/mol. The van der Waals surface area contributed by atoms with E-state index in [0.717, 1.165) is 0 Å². The molecule has 1 aromatic carbocycles. The highest BCUT2D eigenvalue weighted by molar-refractivity contribution is 5.64. The summed E-state index contributed by atoms with van der Waals surface area (Å²) in [7, 11) is 0. The highest BCUT2D eigenvalue weighted by Gasteiger charge is 2.15. The number of pyridine rings is 1. The van der Waals surface area contributed by atoms with Gasteiger partial charge in [0.2, 0.25) is 0 Å². The topological polar surface area (TPSA) is 85.5 Å². The third kappa shape index (κ3) is 3.68. The molecule has 0 fully saturated rings. The zero-order valence-electron chi connectivity index (χ0n) is 12.0. The molecule has 6 nitrogen and oxygen atoms in total. The maximum Gasteiger partial charge on any atom is 0.287 e. The summed E-state index contributed by atoms with van der Waals surface area (Å²) < 4.78 is 5.61. The van der Waals surface area contributed by atoms with Gasteiger partial charge in [0.1, 0.15) is 11.8 Å². The van der Waals surface area contributed by atoms with Gasteiger partial charge in [0.05, 0.1) is 10.6 Å². The van der Waals surface area contributed by atoms with E-state index >= 15 is 0 Å². The van der Waals surface area contributed by atoms with Crippen molar-refractivity contribution in [2.75, 3.05) is 0 Å². The van der Waals surface area contributed by atoms with Crippen LogP contribution in [0.2, 0.25) is 0 Å². The minimum atomic E-state index is -0.505. The zero-order chi connectivity index (χ0) is 15.6. The van der Waals surface area contributed by atoms with E-state index in [2.05, 4.69) is 4.98 Å². The standard InChI is InChI=1S/C15H16N2O4/c1-15(2,3)21-14-7-4-10(8-13(14)18)12-6-5-11(9-16-12)17(19)20/h4-9,18H,1-3H3. The van der Waals surface area contributed by atoms with Gasteiger partial charge >= 0.3 is 0 Å². The van der Waals surface area contributed by atoms with Crippen molar-refractivity contribution in [2.45, 2.75) is 26.4 Å². The lowest BCUT2D eigenvalue weighted by molar-refractivity contribution is -0.385. The summed E-state index contributed by atoms with van der Waals surface area (Å²) in [5, 5.41) is 20.6. The predicted octanol–water partition coefficient (Wildman–Crippen LogP) is 3.54. The van der Waals surface area contributed by atoms with Crippen LogP contribution in [0, 0.1) is 10.1 Å². The number of nitrogens with zero attached hydrogens (tertiary/aromatic N) is 2. The molecule has 110 valence electrons. The van der Waals surface area contributed by atoms with Gasteiger partial charge < -0.3 is 9.84 Å². The van der Waals surface area contributed by atoms with E-state index in [4.69, 9.17) is 4.74 Å². The molecule has 0 atom stereocenters. The minimum Gasteiger partial charge on any atom is -0.504 e. The van der Waals surface area contributed by atoms with Crippen LogP contribution >= 0.6 is 0 Å². The number of phenols is 1. The summed E-state index contributed by atoms with van der Waals surface area (Å²) in [6.07, 6.45) is 1.19. The van der Waals surface area contributed by atoms with Gasteiger partial charge in [0.25, 0.3) is 5.69 Å². The zero-order valence-corrected chi connectivity index (χ0v) is 12.0. The Morgan fingerprint density at radius 2 is 1.95 bits per heavy atom. The third-order valence-electron chi connectivity index (χ3n) is 2.63. The number of nitro groups is 1. The minimum absolute atomic E-state index is 0.00239. The van der Waals surface area contributed by atoms with Crippen molar-refractivity contribution in [1.29, 1.82) is 0 Å². The van der Waals surface area contributed by atoms with E-state index < -0.39 is 10.5 Å². The van der Waals surface area contributed by atoms with E-state index in [0.29, 0.717) is 17.0 Å². The highest BCUT2D eigenvalue weighted by atomic mass is 16.6. The Hall–Kier alpha value is -2.63. The number of ether oxygens (including phenoxy) is 1. The molecule has 0 spiro atoms. The summed E-state index contributed by atoms with van der Waals surface area (Å²) in [6.45, 7) is 5.66. The van der Waals surface area contributed by atoms with Gasteiger partial charge in [-0.15, -0.1) is 0 Å². The molecule has 0 aliphatic rings. The van der Waals surface area contributed by atoms with Crippen LogP contribution in [0.4, 0.5) is 5.69 Å². The summed E-state index contributed by atoms with van der Waals surface area (Å²) in [5.41, 5.74) is 0.711. The lowest BCUT2D eigenvalue weighted by atomic mass is 10.1. The molecule has 0 saturated carbocycles. The van der Waals surface area contributed by atoms with E-state index in [1.807, 2.05) is 20.8 Å². The van der Waals surface area contributed by atoms with Gasteiger partial charge in [-0.3, -0.25) is 10.1 Å². The number of benzene rings is 1. The molecule has 0 unspecified atom stereocenters. The van der Waals surface area contributed by atoms with Crippen molar-refractivity contribution < 1.29 is 14.8 Å². The fourth-order valence-electron chi connectivity index (χ4n) is 1.76. The molecule has 6 heteroatoms. The first kappa shape index (κ1) is 14.8. The molecular formula is C15H16N2O4. The maximum absolute atomic E-state index is 10.6. The first-order valence-electron chi connectivity index (χ1n) is 6.39. The smallest absolute Gasteiger partial charge is 0.287 e. The van der Waals surface area contributed by atoms with E-state index in [1.54, 1.807) is 12.1 Å². The molecular weight excluding hydrogens is 272 g/mol. The summed E-state index contributed by atoms with van der Waals surface area (Å²) in [4.78, 5) is 14.1. The molecule has 2 rings (SSSR count). The first-order valence-corrected chi connectivity index (χ1v) is 6.39. The Labute approximate surface area is 122 Å². The second kappa shape index (κ2) is 5.40. The van der Waals surface area contributed by atoms with Crippen LogP contribution in [0.5, 0.6) is 11.5 Å². The lowest BCUT2D eigenvalue weighted by Crippen LogP contribution is -2.22. The molecule has 2 aromatic rings. The van der Waals surface area contributed by atoms with Crippen molar-refractivity contribution in [3.05, 3.63) is 46.6 Å². The van der Waals surface area contributed by atoms with Crippen LogP contribution in [-0.2, 0) is 0 Å². The Morgan fingerprint density at radius 1 is 1.24 bits per heavy atom. The average molecular weight is 288 g/mol. The molecule has 1 N–H and O–H groups in total. The second-order valence-electron chi connectivity index (χ2n) is 5.56. The van der Waals surface area contributed by atoms with Crippen molar-refractivity contribution in [3.8, 4) is 22.8 Å². The Balaban J connectivity index is 2.29. The molecule has 1 heterocycles. The fourth-order valence-corrected chi connectivity index (χ4v) is 1.76. The van der Waals surface area contributed by atoms with Crippen LogP contribution in [0.15, 0.2) is 36.5 Å². The largest absolute Gasteiger partial charge is 0.504 e. The lowest BCUT2D eigenvalue weighted by Gasteiger charge is -2.22. The van der Waals surface area contributed by atoms with Gasteiger partial charge in [0.15, 0.2) is 11.5 Å². The summed E-state index contributed by atoms with van der Waals surface area (Å²) in [5.74, 6) is 0.385. The molecule has 0 radical (unpaired) electrons. The van der Waals surface area contributed by atoms with Crippen LogP contribution in [0.1, 0.15) is 20.8 Å². The normalized spacial score (nSPS) is 11.2. The predicted molar refractivity (Wildman–Crippen MR) is 78.4 cm³/mol. The number of aromatic nitrogens is 1. The second-order valence-corrected chi connectivity index (χ2v) is 5.56. The van der Waals surface area contributed by atoms with Gasteiger partial charge in [-0.2, -0.15) is 0 Å². The maximum atomic E-state index is 10.6. The van der Waals surface area contributed by atoms with Crippen LogP contribution < -0.4 is 4.74 Å². The summed E-state index contributed by atoms with van der Waals surface area (Å²) in [6, 6.07) is 7.83. The van der Waals surface area contributed by atoms with E-state index in [1.165, 1.54) is 24.4 Å². The molecule has 1 aromatic heterocycles. The van der Waals surface area contributed by atoms with Crippen LogP contribution in [0.3, 0.4) is 0 Å². The Kier molecular flexibility index (Phi) is 3.80. The molecule has 0 aliphatic carbocycles. The number of aromatic hydroxyl groups is 1. The van der Waals surface area contributed by atoms with Crippen LogP contribution in [0.25, 0.3) is 11.3 Å². The fraction of sp³-hybridized carbons (Fsp3) is 0.267. The third-order valence-corrected chi connectivity index (χ3v) is 2.63. The van der Waals surface area contributed by atoms with Gasteiger partial charge in [-0.05, 0) is 45.0 Å². The first-order chi connectivity index (χ1) is 9.76. The van der Waals surface area contributed by atoms with Crippen LogP contribution in [-0.4, -0.2) is 20.6 Å². The SMILES string of the molecule is CC(C)(C)Oc1ccc(-c2ccc([N+](=O)[O-])cn2)cc1O. The van der Waals surface area contributed by atoms with E-state index in [9.17, 15) is 15.2 Å². The molecule has 0 aliphatic heterocycles. The number of phenolic OH excluding ortho intramolecular Hbond substituents is 1. The molecule has 21 heavy (non-hydrogen) atoms. The van der Waals surface area contributed by atoms with E-state index in [-0.39, 0.29) is 11.4 Å². The number of hydrogen-bond acceptors (Lipinski definition) is 5. The quantitative estimate of drug-likeness (QED) is 0.689. The highest BCUT2D eigenvalue weighted by Crippen LogP contribution is 2.33. The average Bonchev–Trinajstić information content (AvgIpc) is 2.40. The number of rotatable bonds is 3. The summed E-state index contributed by atoms with van der Waals surface area (Å²) >= 11 is 0. The molecule has 0 bridgehead atoms. The van der Waals surface area contributed by atoms with Crippen molar-refractivity contribution in [1.82, 2.24) is 4.98 Å².